The number of hydrogen-bond donors (Lipinski definition) is 0. The summed E-state index contributed by atoms with van der Waals surface area (Å²) in [6.45, 7) is 12.3. The molecule has 1 nitrogen and oxygen atoms in total. The van der Waals surface area contributed by atoms with Crippen LogP contribution in [0.1, 0.15) is 51.7 Å². The average Bonchev–Trinajstić information content (AvgIpc) is 2.38. The van der Waals surface area contributed by atoms with Gasteiger partial charge in [-0.1, -0.05) is 45.4 Å². The Kier molecular flexibility index (Phi) is 6.71. The Morgan fingerprint density at radius 3 is 2.26 bits per heavy atom. The van der Waals surface area contributed by atoms with Gasteiger partial charge in [-0.15, -0.1) is 11.6 Å². The number of anilines is 1. The fourth-order valence-electron chi connectivity index (χ4n) is 2.67. The molecule has 0 saturated heterocycles. The molecule has 0 aliphatic carbocycles. The van der Waals surface area contributed by atoms with Crippen molar-refractivity contribution in [2.45, 2.75) is 59.4 Å². The molecule has 1 rings (SSSR count). The van der Waals surface area contributed by atoms with Crippen molar-refractivity contribution in [1.82, 2.24) is 0 Å². The van der Waals surface area contributed by atoms with E-state index >= 15 is 0 Å². The predicted molar refractivity (Wildman–Crippen MR) is 87.3 cm³/mol. The summed E-state index contributed by atoms with van der Waals surface area (Å²) in [7, 11) is 0. The Hall–Kier alpha value is -0.690. The van der Waals surface area contributed by atoms with E-state index in [0.717, 1.165) is 6.54 Å². The molecule has 0 fully saturated rings. The zero-order valence-corrected chi connectivity index (χ0v) is 13.8. The molecule has 2 heteroatoms. The van der Waals surface area contributed by atoms with Gasteiger partial charge in [-0.3, -0.25) is 0 Å². The molecule has 0 unspecified atom stereocenters. The maximum atomic E-state index is 6.15. The Morgan fingerprint density at radius 1 is 1.16 bits per heavy atom. The van der Waals surface area contributed by atoms with Gasteiger partial charge in [0.25, 0.3) is 0 Å². The normalized spacial score (nSPS) is 11.4. The number of halogens is 1. The second kappa shape index (κ2) is 7.79. The van der Waals surface area contributed by atoms with E-state index in [0.29, 0.717) is 17.8 Å². The molecule has 0 spiro atoms. The van der Waals surface area contributed by atoms with E-state index in [4.69, 9.17) is 11.6 Å². The van der Waals surface area contributed by atoms with Gasteiger partial charge in [-0.2, -0.15) is 0 Å². The molecule has 0 aliphatic rings. The fourth-order valence-corrected chi connectivity index (χ4v) is 2.88. The summed E-state index contributed by atoms with van der Waals surface area (Å²) in [5.74, 6) is 1.25. The minimum atomic E-state index is 0.589. The lowest BCUT2D eigenvalue weighted by molar-refractivity contribution is 0.506. The van der Waals surface area contributed by atoms with E-state index in [1.54, 1.807) is 0 Å². The van der Waals surface area contributed by atoms with Gasteiger partial charge < -0.3 is 4.90 Å². The summed E-state index contributed by atoms with van der Waals surface area (Å²) >= 11 is 6.15. The molecule has 0 N–H and O–H groups in total. The van der Waals surface area contributed by atoms with Gasteiger partial charge in [-0.05, 0) is 37.3 Å². The summed E-state index contributed by atoms with van der Waals surface area (Å²) in [5, 5.41) is 0. The van der Waals surface area contributed by atoms with Gasteiger partial charge in [0.05, 0.1) is 0 Å². The van der Waals surface area contributed by atoms with Crippen molar-refractivity contribution in [3.05, 3.63) is 29.3 Å². The van der Waals surface area contributed by atoms with Gasteiger partial charge >= 0.3 is 0 Å². The molecular weight excluding hydrogens is 254 g/mol. The van der Waals surface area contributed by atoms with Gasteiger partial charge in [0.15, 0.2) is 0 Å². The lowest BCUT2D eigenvalue weighted by Crippen LogP contribution is -2.38. The number of rotatable bonds is 7. The quantitative estimate of drug-likeness (QED) is 0.606. The first kappa shape index (κ1) is 16.4. The van der Waals surface area contributed by atoms with Crippen LogP contribution in [0.4, 0.5) is 5.69 Å². The van der Waals surface area contributed by atoms with E-state index in [1.807, 2.05) is 0 Å². The van der Waals surface area contributed by atoms with E-state index in [9.17, 15) is 0 Å². The highest BCUT2D eigenvalue weighted by Gasteiger charge is 2.19. The van der Waals surface area contributed by atoms with Crippen LogP contribution in [0.5, 0.6) is 0 Å². The lowest BCUT2D eigenvalue weighted by Gasteiger charge is -2.35. The van der Waals surface area contributed by atoms with Crippen molar-refractivity contribution in [2.75, 3.05) is 11.4 Å². The molecule has 19 heavy (non-hydrogen) atoms. The van der Waals surface area contributed by atoms with Crippen LogP contribution < -0.4 is 4.90 Å². The van der Waals surface area contributed by atoms with Crippen molar-refractivity contribution in [2.24, 2.45) is 5.92 Å². The summed E-state index contributed by atoms with van der Waals surface area (Å²) < 4.78 is 0. The number of alkyl halides is 1. The zero-order chi connectivity index (χ0) is 14.4. The Bertz CT molecular complexity index is 383. The van der Waals surface area contributed by atoms with E-state index < -0.39 is 0 Å². The third kappa shape index (κ3) is 4.42. The second-order valence-electron chi connectivity index (χ2n) is 5.78. The van der Waals surface area contributed by atoms with Crippen LogP contribution in [-0.4, -0.2) is 12.6 Å². The summed E-state index contributed by atoms with van der Waals surface area (Å²) in [6.07, 6.45) is 2.36. The fraction of sp³-hybridized carbons (Fsp3) is 0.647. The first-order chi connectivity index (χ1) is 9.03. The zero-order valence-electron chi connectivity index (χ0n) is 13.0. The van der Waals surface area contributed by atoms with Gasteiger partial charge in [0, 0.05) is 24.2 Å². The largest absolute Gasteiger partial charge is 0.368 e. The Morgan fingerprint density at radius 2 is 1.79 bits per heavy atom. The van der Waals surface area contributed by atoms with Crippen LogP contribution in [0.3, 0.4) is 0 Å². The third-order valence-electron chi connectivity index (χ3n) is 3.63. The third-order valence-corrected chi connectivity index (χ3v) is 3.92. The Balaban J connectivity index is 3.15. The topological polar surface area (TPSA) is 3.24 Å². The molecular formula is C17H28ClN. The lowest BCUT2D eigenvalue weighted by atomic mass is 10.0. The van der Waals surface area contributed by atoms with Crippen LogP contribution in [0, 0.1) is 12.8 Å². The van der Waals surface area contributed by atoms with Crippen molar-refractivity contribution < 1.29 is 0 Å². The van der Waals surface area contributed by atoms with E-state index in [2.05, 4.69) is 57.7 Å². The van der Waals surface area contributed by atoms with Crippen molar-refractivity contribution in [3.8, 4) is 0 Å². The molecule has 0 aromatic heterocycles. The molecule has 0 atom stereocenters. The summed E-state index contributed by atoms with van der Waals surface area (Å²) in [5.41, 5.74) is 3.87. The SMILES string of the molecule is CCC(CC)N(CC(C)C)c1ccc(C)cc1CCl. The average molecular weight is 282 g/mol. The van der Waals surface area contributed by atoms with Gasteiger partial charge in [0.1, 0.15) is 0 Å². The van der Waals surface area contributed by atoms with Crippen molar-refractivity contribution >= 4 is 17.3 Å². The molecule has 1 aromatic carbocycles. The summed E-state index contributed by atoms with van der Waals surface area (Å²) in [6, 6.07) is 7.26. The van der Waals surface area contributed by atoms with Crippen LogP contribution in [-0.2, 0) is 5.88 Å². The molecule has 1 aromatic rings. The smallest absolute Gasteiger partial charge is 0.0494 e. The molecule has 0 bridgehead atoms. The highest BCUT2D eigenvalue weighted by atomic mass is 35.5. The molecule has 0 heterocycles. The van der Waals surface area contributed by atoms with Crippen molar-refractivity contribution in [3.63, 3.8) is 0 Å². The minimum absolute atomic E-state index is 0.589. The van der Waals surface area contributed by atoms with Crippen LogP contribution >= 0.6 is 11.6 Å². The minimum Gasteiger partial charge on any atom is -0.368 e. The molecule has 0 radical (unpaired) electrons. The van der Waals surface area contributed by atoms with Gasteiger partial charge in [-0.25, -0.2) is 0 Å². The highest BCUT2D eigenvalue weighted by molar-refractivity contribution is 6.17. The van der Waals surface area contributed by atoms with Crippen LogP contribution in [0.2, 0.25) is 0 Å². The number of nitrogens with zero attached hydrogens (tertiary/aromatic N) is 1. The van der Waals surface area contributed by atoms with E-state index in [-0.39, 0.29) is 0 Å². The maximum absolute atomic E-state index is 6.15. The predicted octanol–water partition coefficient (Wildman–Crippen LogP) is 5.38. The first-order valence-electron chi connectivity index (χ1n) is 7.45. The standard InChI is InChI=1S/C17H28ClN/c1-6-16(7-2)19(12-13(3)4)17-9-8-14(5)10-15(17)11-18/h8-10,13,16H,6-7,11-12H2,1-5H3. The van der Waals surface area contributed by atoms with Crippen LogP contribution in [0.25, 0.3) is 0 Å². The maximum Gasteiger partial charge on any atom is 0.0494 e. The van der Waals surface area contributed by atoms with E-state index in [1.165, 1.54) is 29.7 Å². The monoisotopic (exact) mass is 281 g/mol. The molecule has 0 saturated carbocycles. The molecule has 0 aliphatic heterocycles. The number of aryl methyl sites for hydroxylation is 1. The summed E-state index contributed by atoms with van der Waals surface area (Å²) in [4.78, 5) is 2.56. The molecule has 108 valence electrons. The number of benzene rings is 1. The van der Waals surface area contributed by atoms with Crippen molar-refractivity contribution in [1.29, 1.82) is 0 Å². The molecule has 0 amide bonds. The van der Waals surface area contributed by atoms with Crippen LogP contribution in [0.15, 0.2) is 18.2 Å². The number of hydrogen-bond acceptors (Lipinski definition) is 1. The highest BCUT2D eigenvalue weighted by Crippen LogP contribution is 2.28. The first-order valence-corrected chi connectivity index (χ1v) is 7.99. The second-order valence-corrected chi connectivity index (χ2v) is 6.05. The van der Waals surface area contributed by atoms with Gasteiger partial charge in [0.2, 0.25) is 0 Å². The Labute approximate surface area is 124 Å².